The Bertz CT molecular complexity index is 878. The van der Waals surface area contributed by atoms with Gasteiger partial charge in [0.2, 0.25) is 11.8 Å². The lowest BCUT2D eigenvalue weighted by Gasteiger charge is -2.33. The monoisotopic (exact) mass is 352 g/mol. The predicted molar refractivity (Wildman–Crippen MR) is 96.9 cm³/mol. The number of likely N-dealkylation sites (tertiary alicyclic amines) is 1. The van der Waals surface area contributed by atoms with Gasteiger partial charge >= 0.3 is 0 Å². The van der Waals surface area contributed by atoms with E-state index in [1.807, 2.05) is 17.5 Å². The smallest absolute Gasteiger partial charge is 0.247 e. The average Bonchev–Trinajstić information content (AvgIpc) is 3.08. The molecule has 1 N–H and O–H groups in total. The van der Waals surface area contributed by atoms with Gasteiger partial charge in [-0.05, 0) is 41.3 Å². The van der Waals surface area contributed by atoms with Crippen LogP contribution < -0.4 is 5.32 Å². The molecule has 126 valence electrons. The van der Waals surface area contributed by atoms with Crippen molar-refractivity contribution >= 4 is 41.1 Å². The first-order valence-corrected chi connectivity index (χ1v) is 8.90. The van der Waals surface area contributed by atoms with E-state index in [0.717, 1.165) is 16.1 Å². The summed E-state index contributed by atoms with van der Waals surface area (Å²) < 4.78 is 0. The number of amides is 2. The van der Waals surface area contributed by atoms with Gasteiger partial charge < -0.3 is 10.2 Å². The summed E-state index contributed by atoms with van der Waals surface area (Å²) in [5, 5.41) is 5.67. The molecule has 4 rings (SSSR count). The van der Waals surface area contributed by atoms with E-state index >= 15 is 0 Å². The van der Waals surface area contributed by atoms with Gasteiger partial charge in [0.25, 0.3) is 0 Å². The molecular formula is C18H16N4O2S. The van der Waals surface area contributed by atoms with Gasteiger partial charge in [0.05, 0.1) is 0 Å². The van der Waals surface area contributed by atoms with E-state index in [4.69, 9.17) is 0 Å². The molecule has 1 fully saturated rings. The van der Waals surface area contributed by atoms with Crippen LogP contribution in [0.25, 0.3) is 12.2 Å². The van der Waals surface area contributed by atoms with Crippen LogP contribution in [0.1, 0.15) is 22.6 Å². The van der Waals surface area contributed by atoms with Crippen molar-refractivity contribution < 1.29 is 9.59 Å². The molecule has 6 nitrogen and oxygen atoms in total. The zero-order valence-corrected chi connectivity index (χ0v) is 14.3. The Kier molecular flexibility index (Phi) is 4.15. The number of anilines is 1. The van der Waals surface area contributed by atoms with Crippen molar-refractivity contribution in [2.24, 2.45) is 0 Å². The molecule has 0 unspecified atom stereocenters. The zero-order valence-electron chi connectivity index (χ0n) is 13.4. The molecule has 2 aromatic rings. The minimum absolute atomic E-state index is 0.00198. The van der Waals surface area contributed by atoms with Crippen LogP contribution in [0.2, 0.25) is 0 Å². The number of nitrogens with one attached hydrogen (secondary N) is 1. The molecule has 0 saturated carbocycles. The Morgan fingerprint density at radius 1 is 1.28 bits per heavy atom. The predicted octanol–water partition coefficient (Wildman–Crippen LogP) is 2.36. The Balaban J connectivity index is 1.36. The lowest BCUT2D eigenvalue weighted by Crippen LogP contribution is -2.43. The fourth-order valence-electron chi connectivity index (χ4n) is 2.81. The van der Waals surface area contributed by atoms with Crippen molar-refractivity contribution in [1.29, 1.82) is 0 Å². The molecule has 0 atom stereocenters. The Morgan fingerprint density at radius 3 is 2.96 bits per heavy atom. The summed E-state index contributed by atoms with van der Waals surface area (Å²) >= 11 is 1.59. The van der Waals surface area contributed by atoms with E-state index in [1.165, 1.54) is 5.57 Å². The summed E-state index contributed by atoms with van der Waals surface area (Å²) in [6.45, 7) is 1.30. The Hall–Kier alpha value is -2.80. The molecule has 7 heteroatoms. The van der Waals surface area contributed by atoms with E-state index in [0.29, 0.717) is 31.7 Å². The maximum atomic E-state index is 12.2. The van der Waals surface area contributed by atoms with Crippen molar-refractivity contribution in [2.45, 2.75) is 12.8 Å². The zero-order chi connectivity index (χ0) is 17.2. The first-order chi connectivity index (χ1) is 12.2. The van der Waals surface area contributed by atoms with E-state index in [-0.39, 0.29) is 11.8 Å². The van der Waals surface area contributed by atoms with Gasteiger partial charge in [0, 0.05) is 43.4 Å². The van der Waals surface area contributed by atoms with E-state index in [2.05, 4.69) is 15.3 Å². The third-order valence-corrected chi connectivity index (χ3v) is 4.89. The molecule has 4 heterocycles. The highest BCUT2D eigenvalue weighted by atomic mass is 32.1. The summed E-state index contributed by atoms with van der Waals surface area (Å²) in [7, 11) is 0. The first kappa shape index (κ1) is 15.7. The molecule has 0 radical (unpaired) electrons. The third-order valence-electron chi connectivity index (χ3n) is 4.16. The number of aryl methyl sites for hydroxylation is 1. The molecule has 0 aliphatic carbocycles. The molecule has 0 bridgehead atoms. The van der Waals surface area contributed by atoms with Crippen molar-refractivity contribution in [1.82, 2.24) is 14.9 Å². The van der Waals surface area contributed by atoms with Crippen LogP contribution in [0, 0.1) is 0 Å². The highest BCUT2D eigenvalue weighted by Gasteiger charge is 2.23. The van der Waals surface area contributed by atoms with Crippen molar-refractivity contribution in [3.8, 4) is 0 Å². The van der Waals surface area contributed by atoms with E-state index in [9.17, 15) is 9.59 Å². The second-order valence-corrected chi connectivity index (χ2v) is 6.95. The van der Waals surface area contributed by atoms with Gasteiger partial charge in [-0.1, -0.05) is 0 Å². The second kappa shape index (κ2) is 6.60. The van der Waals surface area contributed by atoms with Gasteiger partial charge in [0.1, 0.15) is 10.8 Å². The number of thiazole rings is 1. The normalized spacial score (nSPS) is 16.4. The number of nitrogens with zero attached hydrogens (tertiary/aromatic N) is 3. The van der Waals surface area contributed by atoms with Crippen molar-refractivity contribution in [3.63, 3.8) is 0 Å². The van der Waals surface area contributed by atoms with Crippen LogP contribution >= 0.6 is 11.3 Å². The van der Waals surface area contributed by atoms with Crippen LogP contribution in [0.5, 0.6) is 0 Å². The molecule has 2 aromatic heterocycles. The standard InChI is InChI=1S/C18H16N4O2S/c23-15-3-2-14-7-12(9-20-18(14)21-15)1-4-17(24)22-10-13(11-22)8-16-19-5-6-25-16/h1,4-9H,2-3,10-11H2,(H,20,21,23)/b4-1+. The quantitative estimate of drug-likeness (QED) is 0.861. The Labute approximate surface area is 148 Å². The highest BCUT2D eigenvalue weighted by Crippen LogP contribution is 2.22. The number of fused-ring (bicyclic) bond motifs is 1. The molecule has 25 heavy (non-hydrogen) atoms. The highest BCUT2D eigenvalue weighted by molar-refractivity contribution is 7.10. The van der Waals surface area contributed by atoms with Crippen LogP contribution in [0.3, 0.4) is 0 Å². The van der Waals surface area contributed by atoms with E-state index in [1.54, 1.807) is 40.8 Å². The summed E-state index contributed by atoms with van der Waals surface area (Å²) in [4.78, 5) is 33.8. The number of aromatic nitrogens is 2. The molecule has 2 amide bonds. The van der Waals surface area contributed by atoms with Gasteiger partial charge in [0.15, 0.2) is 0 Å². The van der Waals surface area contributed by atoms with E-state index < -0.39 is 0 Å². The number of carbonyl (C=O) groups excluding carboxylic acids is 2. The maximum absolute atomic E-state index is 12.2. The molecule has 2 aliphatic rings. The number of carbonyl (C=O) groups is 2. The van der Waals surface area contributed by atoms with Crippen LogP contribution in [0.4, 0.5) is 5.82 Å². The van der Waals surface area contributed by atoms with Gasteiger partial charge in [-0.25, -0.2) is 9.97 Å². The minimum Gasteiger partial charge on any atom is -0.331 e. The van der Waals surface area contributed by atoms with Crippen LogP contribution in [-0.4, -0.2) is 39.8 Å². The maximum Gasteiger partial charge on any atom is 0.247 e. The second-order valence-electron chi connectivity index (χ2n) is 6.03. The molecular weight excluding hydrogens is 336 g/mol. The summed E-state index contributed by atoms with van der Waals surface area (Å²) in [5.74, 6) is 0.611. The number of hydrogen-bond donors (Lipinski definition) is 1. The summed E-state index contributed by atoms with van der Waals surface area (Å²) in [6.07, 6.45) is 9.99. The van der Waals surface area contributed by atoms with Crippen molar-refractivity contribution in [3.05, 3.63) is 51.6 Å². The molecule has 0 aromatic carbocycles. The van der Waals surface area contributed by atoms with Gasteiger partial charge in [-0.3, -0.25) is 9.59 Å². The third kappa shape index (κ3) is 3.51. The van der Waals surface area contributed by atoms with Crippen molar-refractivity contribution in [2.75, 3.05) is 18.4 Å². The molecule has 1 saturated heterocycles. The number of rotatable bonds is 3. The number of hydrogen-bond acceptors (Lipinski definition) is 5. The first-order valence-electron chi connectivity index (χ1n) is 8.02. The van der Waals surface area contributed by atoms with Gasteiger partial charge in [-0.15, -0.1) is 11.3 Å². The van der Waals surface area contributed by atoms with Gasteiger partial charge in [-0.2, -0.15) is 0 Å². The van der Waals surface area contributed by atoms with Crippen LogP contribution in [-0.2, 0) is 16.0 Å². The minimum atomic E-state index is -0.0117. The summed E-state index contributed by atoms with van der Waals surface area (Å²) in [5.41, 5.74) is 3.08. The average molecular weight is 352 g/mol. The lowest BCUT2D eigenvalue weighted by molar-refractivity contribution is -0.127. The summed E-state index contributed by atoms with van der Waals surface area (Å²) in [6, 6.07) is 1.97. The molecule has 2 aliphatic heterocycles. The van der Waals surface area contributed by atoms with Crippen LogP contribution in [0.15, 0.2) is 35.5 Å². The fraction of sp³-hybridized carbons (Fsp3) is 0.222. The largest absolute Gasteiger partial charge is 0.331 e. The fourth-order valence-corrected chi connectivity index (χ4v) is 3.43. The lowest BCUT2D eigenvalue weighted by atomic mass is 10.0. The number of pyridine rings is 1. The topological polar surface area (TPSA) is 75.2 Å². The Morgan fingerprint density at radius 2 is 2.16 bits per heavy atom. The molecule has 0 spiro atoms. The SMILES string of the molecule is O=C1CCc2cc(/C=C/C(=O)N3CC(=Cc4nccs4)C3)cnc2N1.